The van der Waals surface area contributed by atoms with Crippen LogP contribution in [0.4, 0.5) is 0 Å². The summed E-state index contributed by atoms with van der Waals surface area (Å²) in [6, 6.07) is 19.6. The maximum absolute atomic E-state index is 5.50. The third-order valence-corrected chi connectivity index (χ3v) is 2.66. The number of hydrogen-bond donors (Lipinski definition) is 0. The van der Waals surface area contributed by atoms with Crippen LogP contribution in [0, 0.1) is 11.8 Å². The van der Waals surface area contributed by atoms with Crippen LogP contribution in [0.1, 0.15) is 24.2 Å². The summed E-state index contributed by atoms with van der Waals surface area (Å²) >= 11 is 0. The summed E-state index contributed by atoms with van der Waals surface area (Å²) in [5.74, 6) is 6.22. The Labute approximate surface area is 125 Å². The predicted octanol–water partition coefficient (Wildman–Crippen LogP) is 4.36. The predicted molar refractivity (Wildman–Crippen MR) is 86.9 cm³/mol. The zero-order valence-corrected chi connectivity index (χ0v) is 12.0. The fraction of sp³-hybridized carbons (Fsp3) is 0.105. The Morgan fingerprint density at radius 2 is 1.71 bits per heavy atom. The van der Waals surface area contributed by atoms with Crippen molar-refractivity contribution in [1.82, 2.24) is 0 Å². The van der Waals surface area contributed by atoms with Crippen LogP contribution in [0.3, 0.4) is 0 Å². The molecule has 1 unspecified atom stereocenters. The first-order valence-corrected chi connectivity index (χ1v) is 6.72. The van der Waals surface area contributed by atoms with Crippen molar-refractivity contribution in [2.24, 2.45) is 5.16 Å². The van der Waals surface area contributed by atoms with Gasteiger partial charge in [-0.15, -0.1) is 0 Å². The minimum absolute atomic E-state index is 0.401. The summed E-state index contributed by atoms with van der Waals surface area (Å²) in [6.07, 6.45) is 1.18. The molecule has 0 N–H and O–H groups in total. The van der Waals surface area contributed by atoms with Gasteiger partial charge in [-0.25, -0.2) is 0 Å². The Bertz CT molecular complexity index is 663. The zero-order valence-electron chi connectivity index (χ0n) is 12.0. The minimum Gasteiger partial charge on any atom is -0.374 e. The van der Waals surface area contributed by atoms with Crippen molar-refractivity contribution in [2.45, 2.75) is 13.0 Å². The largest absolute Gasteiger partial charge is 0.374 e. The number of allylic oxidation sites excluding steroid dienone is 1. The SMILES string of the molecule is C=C(C)/C=N/OC(C#Cc1ccccc1)c1ccccc1. The second kappa shape index (κ2) is 7.72. The van der Waals surface area contributed by atoms with E-state index in [0.29, 0.717) is 0 Å². The molecule has 1 atom stereocenters. The smallest absolute Gasteiger partial charge is 0.213 e. The third kappa shape index (κ3) is 5.00. The fourth-order valence-electron chi connectivity index (χ4n) is 1.65. The fourth-order valence-corrected chi connectivity index (χ4v) is 1.65. The lowest BCUT2D eigenvalue weighted by Crippen LogP contribution is -1.98. The number of nitrogens with zero attached hydrogens (tertiary/aromatic N) is 1. The molecular weight excluding hydrogens is 258 g/mol. The van der Waals surface area contributed by atoms with E-state index in [1.54, 1.807) is 6.21 Å². The topological polar surface area (TPSA) is 21.6 Å². The molecule has 2 nitrogen and oxygen atoms in total. The van der Waals surface area contributed by atoms with Gasteiger partial charge in [-0.05, 0) is 30.6 Å². The highest BCUT2D eigenvalue weighted by Gasteiger charge is 2.08. The quantitative estimate of drug-likeness (QED) is 0.461. The van der Waals surface area contributed by atoms with Gasteiger partial charge in [0.25, 0.3) is 0 Å². The van der Waals surface area contributed by atoms with Gasteiger partial charge in [0, 0.05) is 11.1 Å². The Morgan fingerprint density at radius 3 is 2.33 bits per heavy atom. The average molecular weight is 275 g/mol. The van der Waals surface area contributed by atoms with Gasteiger partial charge in [-0.2, -0.15) is 0 Å². The molecule has 0 aliphatic heterocycles. The maximum Gasteiger partial charge on any atom is 0.213 e. The summed E-state index contributed by atoms with van der Waals surface area (Å²) in [7, 11) is 0. The molecule has 2 heteroatoms. The summed E-state index contributed by atoms with van der Waals surface area (Å²) in [6.45, 7) is 5.61. The first-order valence-electron chi connectivity index (χ1n) is 6.72. The Kier molecular flexibility index (Phi) is 5.37. The highest BCUT2D eigenvalue weighted by molar-refractivity contribution is 5.76. The molecule has 0 bridgehead atoms. The van der Waals surface area contributed by atoms with Crippen LogP contribution < -0.4 is 0 Å². The molecule has 2 aromatic rings. The maximum atomic E-state index is 5.50. The highest BCUT2D eigenvalue weighted by atomic mass is 16.6. The molecule has 2 aromatic carbocycles. The van der Waals surface area contributed by atoms with Crippen LogP contribution >= 0.6 is 0 Å². The number of rotatable bonds is 4. The molecule has 0 amide bonds. The summed E-state index contributed by atoms with van der Waals surface area (Å²) in [5, 5.41) is 3.93. The van der Waals surface area contributed by atoms with Gasteiger partial charge in [-0.3, -0.25) is 0 Å². The first kappa shape index (κ1) is 14.6. The number of hydrogen-bond acceptors (Lipinski definition) is 2. The highest BCUT2D eigenvalue weighted by Crippen LogP contribution is 2.16. The Balaban J connectivity index is 2.20. The standard InChI is InChI=1S/C19H17NO/c1-16(2)15-20-21-19(18-11-7-4-8-12-18)14-13-17-9-5-3-6-10-17/h3-12,15,19H,1H2,2H3/b20-15+. The van der Waals surface area contributed by atoms with Gasteiger partial charge in [0.1, 0.15) is 0 Å². The van der Waals surface area contributed by atoms with E-state index >= 15 is 0 Å². The van der Waals surface area contributed by atoms with Crippen LogP contribution in [0.2, 0.25) is 0 Å². The van der Waals surface area contributed by atoms with Crippen molar-refractivity contribution in [3.8, 4) is 11.8 Å². The van der Waals surface area contributed by atoms with Crippen molar-refractivity contribution in [3.05, 3.63) is 83.9 Å². The van der Waals surface area contributed by atoms with Gasteiger partial charge in [0.2, 0.25) is 6.10 Å². The number of oxime groups is 1. The van der Waals surface area contributed by atoms with Crippen molar-refractivity contribution < 1.29 is 4.84 Å². The molecule has 2 rings (SSSR count). The normalized spacial score (nSPS) is 11.5. The van der Waals surface area contributed by atoms with Gasteiger partial charge in [0.15, 0.2) is 0 Å². The summed E-state index contributed by atoms with van der Waals surface area (Å²) in [5.41, 5.74) is 2.75. The molecular formula is C19H17NO. The Hall–Kier alpha value is -2.79. The molecule has 104 valence electrons. The molecule has 0 saturated heterocycles. The molecule has 0 saturated carbocycles. The lowest BCUT2D eigenvalue weighted by molar-refractivity contribution is 0.101. The molecule has 0 aliphatic rings. The van der Waals surface area contributed by atoms with Crippen LogP contribution in [-0.4, -0.2) is 6.21 Å². The van der Waals surface area contributed by atoms with Gasteiger partial charge in [0.05, 0.1) is 6.21 Å². The second-order valence-electron chi connectivity index (χ2n) is 4.61. The molecule has 0 heterocycles. The van der Waals surface area contributed by atoms with E-state index in [1.807, 2.05) is 67.6 Å². The van der Waals surface area contributed by atoms with E-state index in [-0.39, 0.29) is 0 Å². The third-order valence-electron chi connectivity index (χ3n) is 2.66. The molecule has 0 aromatic heterocycles. The molecule has 0 aliphatic carbocycles. The van der Waals surface area contributed by atoms with Crippen molar-refractivity contribution in [3.63, 3.8) is 0 Å². The van der Waals surface area contributed by atoms with E-state index in [0.717, 1.165) is 16.7 Å². The van der Waals surface area contributed by atoms with Crippen LogP contribution in [-0.2, 0) is 4.84 Å². The summed E-state index contributed by atoms with van der Waals surface area (Å²) in [4.78, 5) is 5.50. The van der Waals surface area contributed by atoms with Crippen LogP contribution in [0.5, 0.6) is 0 Å². The second-order valence-corrected chi connectivity index (χ2v) is 4.61. The average Bonchev–Trinajstić information content (AvgIpc) is 2.52. The van der Waals surface area contributed by atoms with E-state index in [1.165, 1.54) is 0 Å². The monoisotopic (exact) mass is 275 g/mol. The van der Waals surface area contributed by atoms with Crippen molar-refractivity contribution in [1.29, 1.82) is 0 Å². The first-order chi connectivity index (χ1) is 10.3. The lowest BCUT2D eigenvalue weighted by Gasteiger charge is -2.08. The van der Waals surface area contributed by atoms with Gasteiger partial charge >= 0.3 is 0 Å². The number of benzene rings is 2. The van der Waals surface area contributed by atoms with E-state index in [9.17, 15) is 0 Å². The zero-order chi connectivity index (χ0) is 14.9. The lowest BCUT2D eigenvalue weighted by atomic mass is 10.1. The van der Waals surface area contributed by atoms with Gasteiger partial charge in [-0.1, -0.05) is 66.2 Å². The molecule has 0 radical (unpaired) electrons. The molecule has 0 spiro atoms. The molecule has 21 heavy (non-hydrogen) atoms. The van der Waals surface area contributed by atoms with Crippen molar-refractivity contribution in [2.75, 3.05) is 0 Å². The Morgan fingerprint density at radius 1 is 1.10 bits per heavy atom. The van der Waals surface area contributed by atoms with Crippen LogP contribution in [0.15, 0.2) is 78.0 Å². The van der Waals surface area contributed by atoms with E-state index < -0.39 is 6.10 Å². The van der Waals surface area contributed by atoms with Gasteiger partial charge < -0.3 is 4.84 Å². The molecule has 0 fully saturated rings. The van der Waals surface area contributed by atoms with E-state index in [2.05, 4.69) is 23.6 Å². The van der Waals surface area contributed by atoms with E-state index in [4.69, 9.17) is 4.84 Å². The minimum atomic E-state index is -0.401. The summed E-state index contributed by atoms with van der Waals surface area (Å²) < 4.78 is 0. The van der Waals surface area contributed by atoms with Crippen molar-refractivity contribution >= 4 is 6.21 Å². The van der Waals surface area contributed by atoms with Crippen LogP contribution in [0.25, 0.3) is 0 Å².